The second-order valence-electron chi connectivity index (χ2n) is 5.90. The highest BCUT2D eigenvalue weighted by molar-refractivity contribution is 6.05. The van der Waals surface area contributed by atoms with Crippen molar-refractivity contribution in [2.45, 2.75) is 26.5 Å². The summed E-state index contributed by atoms with van der Waals surface area (Å²) in [5, 5.41) is 5.39. The van der Waals surface area contributed by atoms with Crippen molar-refractivity contribution in [3.05, 3.63) is 53.6 Å². The molecule has 2 rings (SSSR count). The molecular weight excluding hydrogens is 358 g/mol. The molecule has 0 unspecified atom stereocenters. The summed E-state index contributed by atoms with van der Waals surface area (Å²) in [5.41, 5.74) is 1.03. The van der Waals surface area contributed by atoms with Crippen molar-refractivity contribution in [3.8, 4) is 11.5 Å². The van der Waals surface area contributed by atoms with Crippen molar-refractivity contribution >= 4 is 17.5 Å². The third kappa shape index (κ3) is 5.67. The molecule has 2 amide bonds. The van der Waals surface area contributed by atoms with Gasteiger partial charge in [-0.25, -0.2) is 0 Å². The molecule has 0 fully saturated rings. The predicted octanol–water partition coefficient (Wildman–Crippen LogP) is 3.69. The van der Waals surface area contributed by atoms with E-state index in [1.165, 1.54) is 25.3 Å². The van der Waals surface area contributed by atoms with Crippen LogP contribution >= 0.6 is 0 Å². The van der Waals surface area contributed by atoms with E-state index >= 15 is 0 Å². The highest BCUT2D eigenvalue weighted by Crippen LogP contribution is 2.29. The van der Waals surface area contributed by atoms with Gasteiger partial charge in [-0.05, 0) is 56.3 Å². The Morgan fingerprint density at radius 2 is 1.56 bits per heavy atom. The van der Waals surface area contributed by atoms with Crippen molar-refractivity contribution in [3.63, 3.8) is 0 Å². The molecule has 0 atom stereocenters. The molecule has 2 aromatic carbocycles. The lowest BCUT2D eigenvalue weighted by Crippen LogP contribution is -2.30. The van der Waals surface area contributed by atoms with Crippen LogP contribution in [0.25, 0.3) is 0 Å². The quantitative estimate of drug-likeness (QED) is 0.771. The maximum atomic E-state index is 12.5. The number of benzene rings is 2. The number of nitrogens with one attached hydrogen (secondary N) is 2. The Morgan fingerprint density at radius 3 is 2.11 bits per heavy atom. The first-order valence-corrected chi connectivity index (χ1v) is 8.15. The molecule has 8 heteroatoms. The molecule has 0 aliphatic heterocycles. The Morgan fingerprint density at radius 1 is 0.926 bits per heavy atom. The first-order chi connectivity index (χ1) is 12.8. The zero-order valence-electron chi connectivity index (χ0n) is 15.1. The Balaban J connectivity index is 2.11. The van der Waals surface area contributed by atoms with E-state index in [0.29, 0.717) is 11.3 Å². The first kappa shape index (κ1) is 20.2. The number of hydrogen-bond donors (Lipinski definition) is 2. The highest BCUT2D eigenvalue weighted by Gasteiger charge is 2.15. The van der Waals surface area contributed by atoms with Gasteiger partial charge in [-0.3, -0.25) is 9.59 Å². The van der Waals surface area contributed by atoms with Crippen molar-refractivity contribution in [2.75, 3.05) is 12.4 Å². The number of carbonyl (C=O) groups is 2. The molecule has 0 aliphatic rings. The average molecular weight is 378 g/mol. The summed E-state index contributed by atoms with van der Waals surface area (Å²) in [4.78, 5) is 24.3. The van der Waals surface area contributed by atoms with Crippen LogP contribution in [-0.4, -0.2) is 31.6 Å². The average Bonchev–Trinajstić information content (AvgIpc) is 2.61. The van der Waals surface area contributed by atoms with Gasteiger partial charge in [-0.2, -0.15) is 8.78 Å². The molecule has 0 bridgehead atoms. The molecule has 27 heavy (non-hydrogen) atoms. The van der Waals surface area contributed by atoms with Crippen LogP contribution in [0.15, 0.2) is 42.5 Å². The number of anilines is 1. The number of methoxy groups -OCH3 is 1. The van der Waals surface area contributed by atoms with E-state index in [9.17, 15) is 18.4 Å². The van der Waals surface area contributed by atoms with Gasteiger partial charge in [-0.1, -0.05) is 0 Å². The molecule has 144 valence electrons. The number of amides is 2. The zero-order chi connectivity index (χ0) is 20.0. The molecule has 2 aromatic rings. The van der Waals surface area contributed by atoms with Crippen LogP contribution in [-0.2, 0) is 0 Å². The van der Waals surface area contributed by atoms with E-state index in [1.807, 2.05) is 13.8 Å². The number of alkyl halides is 2. The van der Waals surface area contributed by atoms with Gasteiger partial charge >= 0.3 is 6.61 Å². The number of ether oxygens (including phenoxy) is 2. The zero-order valence-corrected chi connectivity index (χ0v) is 15.1. The van der Waals surface area contributed by atoms with Crippen LogP contribution in [0.2, 0.25) is 0 Å². The summed E-state index contributed by atoms with van der Waals surface area (Å²) < 4.78 is 34.3. The van der Waals surface area contributed by atoms with Gasteiger partial charge in [0.2, 0.25) is 0 Å². The number of hydrogen-bond acceptors (Lipinski definition) is 4. The summed E-state index contributed by atoms with van der Waals surface area (Å²) >= 11 is 0. The fourth-order valence-electron chi connectivity index (χ4n) is 2.26. The molecular formula is C19H20F2N2O4. The molecule has 2 N–H and O–H groups in total. The third-order valence-electron chi connectivity index (χ3n) is 3.47. The van der Waals surface area contributed by atoms with E-state index in [4.69, 9.17) is 4.74 Å². The Kier molecular flexibility index (Phi) is 6.70. The molecule has 0 aliphatic carbocycles. The minimum Gasteiger partial charge on any atom is -0.493 e. The highest BCUT2D eigenvalue weighted by atomic mass is 19.3. The largest absolute Gasteiger partial charge is 0.493 e. The lowest BCUT2D eigenvalue weighted by Gasteiger charge is -2.12. The van der Waals surface area contributed by atoms with Crippen LogP contribution in [0.1, 0.15) is 34.6 Å². The van der Waals surface area contributed by atoms with E-state index in [1.54, 1.807) is 24.3 Å². The van der Waals surface area contributed by atoms with Crippen LogP contribution in [0, 0.1) is 0 Å². The Bertz CT molecular complexity index is 808. The fourth-order valence-corrected chi connectivity index (χ4v) is 2.26. The fraction of sp³-hybridized carbons (Fsp3) is 0.263. The Hall–Kier alpha value is -3.16. The Labute approximate surface area is 155 Å². The van der Waals surface area contributed by atoms with Gasteiger partial charge in [0, 0.05) is 22.9 Å². The van der Waals surface area contributed by atoms with Gasteiger partial charge in [-0.15, -0.1) is 0 Å². The topological polar surface area (TPSA) is 76.7 Å². The summed E-state index contributed by atoms with van der Waals surface area (Å²) in [7, 11) is 1.31. The SMILES string of the molecule is COc1ccc(C(=O)Nc2ccc(C(=O)NC(C)C)cc2)cc1OC(F)F. The third-order valence-corrected chi connectivity index (χ3v) is 3.47. The maximum Gasteiger partial charge on any atom is 0.387 e. The van der Waals surface area contributed by atoms with Crippen LogP contribution in [0.3, 0.4) is 0 Å². The molecule has 0 spiro atoms. The van der Waals surface area contributed by atoms with Crippen LogP contribution < -0.4 is 20.1 Å². The molecule has 0 aromatic heterocycles. The summed E-state index contributed by atoms with van der Waals surface area (Å²) in [6, 6.07) is 10.3. The summed E-state index contributed by atoms with van der Waals surface area (Å²) in [6.45, 7) is 0.669. The van der Waals surface area contributed by atoms with Crippen molar-refractivity contribution < 1.29 is 27.8 Å². The van der Waals surface area contributed by atoms with Crippen molar-refractivity contribution in [1.29, 1.82) is 0 Å². The van der Waals surface area contributed by atoms with Crippen molar-refractivity contribution in [1.82, 2.24) is 5.32 Å². The molecule has 0 saturated carbocycles. The normalized spacial score (nSPS) is 10.6. The predicted molar refractivity (Wildman–Crippen MR) is 96.6 cm³/mol. The monoisotopic (exact) mass is 378 g/mol. The van der Waals surface area contributed by atoms with E-state index < -0.39 is 12.5 Å². The van der Waals surface area contributed by atoms with Gasteiger partial charge in [0.15, 0.2) is 11.5 Å². The van der Waals surface area contributed by atoms with Gasteiger partial charge in [0.05, 0.1) is 7.11 Å². The lowest BCUT2D eigenvalue weighted by atomic mass is 10.1. The second kappa shape index (κ2) is 8.98. The smallest absolute Gasteiger partial charge is 0.387 e. The van der Waals surface area contributed by atoms with Gasteiger partial charge in [0.25, 0.3) is 11.8 Å². The van der Waals surface area contributed by atoms with Crippen LogP contribution in [0.4, 0.5) is 14.5 Å². The summed E-state index contributed by atoms with van der Waals surface area (Å²) in [5.74, 6) is -0.879. The maximum absolute atomic E-state index is 12.5. The van der Waals surface area contributed by atoms with Crippen molar-refractivity contribution in [2.24, 2.45) is 0 Å². The first-order valence-electron chi connectivity index (χ1n) is 8.15. The number of halogens is 2. The lowest BCUT2D eigenvalue weighted by molar-refractivity contribution is -0.0512. The van der Waals surface area contributed by atoms with E-state index in [2.05, 4.69) is 15.4 Å². The number of carbonyl (C=O) groups excluding carboxylic acids is 2. The summed E-state index contributed by atoms with van der Waals surface area (Å²) in [6.07, 6.45) is 0. The molecule has 0 saturated heterocycles. The van der Waals surface area contributed by atoms with Gasteiger partial charge in [0.1, 0.15) is 0 Å². The number of rotatable bonds is 7. The van der Waals surface area contributed by atoms with Gasteiger partial charge < -0.3 is 20.1 Å². The van der Waals surface area contributed by atoms with Crippen LogP contribution in [0.5, 0.6) is 11.5 Å². The minimum atomic E-state index is -3.04. The second-order valence-corrected chi connectivity index (χ2v) is 5.90. The minimum absolute atomic E-state index is 0.0107. The van der Waals surface area contributed by atoms with E-state index in [-0.39, 0.29) is 29.0 Å². The molecule has 0 radical (unpaired) electrons. The molecule has 0 heterocycles. The standard InChI is InChI=1S/C19H20F2N2O4/c1-11(2)22-17(24)12-4-7-14(8-5-12)23-18(25)13-6-9-15(26-3)16(10-13)27-19(20)21/h4-11,19H,1-3H3,(H,22,24)(H,23,25). The molecule has 6 nitrogen and oxygen atoms in total. The van der Waals surface area contributed by atoms with E-state index in [0.717, 1.165) is 0 Å².